The van der Waals surface area contributed by atoms with Gasteiger partial charge in [-0.3, -0.25) is 9.59 Å². The Balaban J connectivity index is 1.66. The lowest BCUT2D eigenvalue weighted by Crippen LogP contribution is -2.43. The summed E-state index contributed by atoms with van der Waals surface area (Å²) in [5, 5.41) is 2.74. The first-order valence-corrected chi connectivity index (χ1v) is 8.49. The fourth-order valence-electron chi connectivity index (χ4n) is 3.35. The molecule has 130 valence electrons. The average molecular weight is 333 g/mol. The van der Waals surface area contributed by atoms with E-state index in [1.807, 2.05) is 0 Å². The maximum absolute atomic E-state index is 12.4. The van der Waals surface area contributed by atoms with Crippen LogP contribution < -0.4 is 10.9 Å². The first-order chi connectivity index (χ1) is 11.6. The largest absolute Gasteiger partial charge is 0.449 e. The van der Waals surface area contributed by atoms with Gasteiger partial charge in [-0.2, -0.15) is 0 Å². The lowest BCUT2D eigenvalue weighted by atomic mass is 9.94. The summed E-state index contributed by atoms with van der Waals surface area (Å²) in [4.78, 5) is 37.9. The van der Waals surface area contributed by atoms with Crippen molar-refractivity contribution in [3.05, 3.63) is 33.2 Å². The van der Waals surface area contributed by atoms with E-state index < -0.39 is 0 Å². The highest BCUT2D eigenvalue weighted by Gasteiger charge is 2.21. The highest BCUT2D eigenvalue weighted by Crippen LogP contribution is 2.20. The lowest BCUT2D eigenvalue weighted by molar-refractivity contribution is 0.0719. The Kier molecular flexibility index (Phi) is 4.87. The van der Waals surface area contributed by atoms with Crippen molar-refractivity contribution in [3.8, 4) is 0 Å². The summed E-state index contributed by atoms with van der Waals surface area (Å²) in [7, 11) is 1.73. The van der Waals surface area contributed by atoms with E-state index in [4.69, 9.17) is 4.74 Å². The van der Waals surface area contributed by atoms with Crippen LogP contribution in [0, 0.1) is 0 Å². The highest BCUT2D eigenvalue weighted by atomic mass is 16.6. The molecule has 2 amide bonds. The molecule has 7 heteroatoms. The molecule has 1 aromatic heterocycles. The monoisotopic (exact) mass is 333 g/mol. The van der Waals surface area contributed by atoms with Crippen LogP contribution in [0.4, 0.5) is 4.79 Å². The molecule has 1 N–H and O–H groups in total. The predicted molar refractivity (Wildman–Crippen MR) is 88.2 cm³/mol. The van der Waals surface area contributed by atoms with Gasteiger partial charge in [0.15, 0.2) is 0 Å². The number of fused-ring (bicyclic) bond motifs is 1. The smallest absolute Gasteiger partial charge is 0.409 e. The van der Waals surface area contributed by atoms with Gasteiger partial charge < -0.3 is 19.5 Å². The number of amides is 2. The zero-order valence-corrected chi connectivity index (χ0v) is 14.0. The van der Waals surface area contributed by atoms with Crippen LogP contribution in [0.5, 0.6) is 0 Å². The maximum atomic E-state index is 12.4. The van der Waals surface area contributed by atoms with E-state index in [1.54, 1.807) is 22.6 Å². The number of nitrogens with one attached hydrogen (secondary N) is 1. The number of rotatable bonds is 4. The Hall–Kier alpha value is -2.31. The Labute approximate surface area is 140 Å². The van der Waals surface area contributed by atoms with Gasteiger partial charge in [-0.1, -0.05) is 0 Å². The van der Waals surface area contributed by atoms with E-state index in [2.05, 4.69) is 5.32 Å². The minimum atomic E-state index is -0.380. The first kappa shape index (κ1) is 16.5. The van der Waals surface area contributed by atoms with Gasteiger partial charge in [-0.05, 0) is 43.7 Å². The molecule has 2 aliphatic rings. The van der Waals surface area contributed by atoms with Crippen LogP contribution in [0.15, 0.2) is 10.9 Å². The van der Waals surface area contributed by atoms with Crippen LogP contribution in [-0.2, 0) is 24.6 Å². The number of aromatic nitrogens is 1. The molecular weight excluding hydrogens is 310 g/mol. The fourth-order valence-corrected chi connectivity index (χ4v) is 3.35. The summed E-state index contributed by atoms with van der Waals surface area (Å²) < 4.78 is 6.55. The third kappa shape index (κ3) is 3.29. The molecular formula is C17H23N3O4. The molecule has 1 aromatic rings. The van der Waals surface area contributed by atoms with Crippen molar-refractivity contribution in [2.45, 2.75) is 32.1 Å². The molecule has 7 nitrogen and oxygen atoms in total. The van der Waals surface area contributed by atoms with Crippen molar-refractivity contribution in [3.63, 3.8) is 0 Å². The van der Waals surface area contributed by atoms with E-state index in [0.717, 1.165) is 43.4 Å². The number of hydrogen-bond acceptors (Lipinski definition) is 4. The normalized spacial score (nSPS) is 17.2. The molecule has 0 unspecified atom stereocenters. The second-order valence-electron chi connectivity index (χ2n) is 6.31. The molecule has 2 heterocycles. The number of ether oxygens (including phenoxy) is 1. The third-order valence-corrected chi connectivity index (χ3v) is 4.71. The van der Waals surface area contributed by atoms with Crippen LogP contribution in [-0.4, -0.2) is 47.7 Å². The van der Waals surface area contributed by atoms with Gasteiger partial charge in [0.1, 0.15) is 5.56 Å². The molecule has 1 aliphatic heterocycles. The number of carbonyl (C=O) groups is 2. The standard InChI is InChI=1S/C17H23N3O4/c1-19-14-6-3-2-5-12(14)11-13(16(19)22)15(21)18-7-9-20-8-4-10-24-17(20)23/h11H,2-10H2,1H3,(H,18,21). The van der Waals surface area contributed by atoms with Crippen LogP contribution in [0.2, 0.25) is 0 Å². The topological polar surface area (TPSA) is 80.6 Å². The third-order valence-electron chi connectivity index (χ3n) is 4.71. The van der Waals surface area contributed by atoms with Gasteiger partial charge in [0.25, 0.3) is 11.5 Å². The molecule has 0 bridgehead atoms. The van der Waals surface area contributed by atoms with Gasteiger partial charge in [0.05, 0.1) is 6.61 Å². The minimum absolute atomic E-state index is 0.180. The number of hydrogen-bond donors (Lipinski definition) is 1. The zero-order chi connectivity index (χ0) is 17.1. The number of carbonyl (C=O) groups excluding carboxylic acids is 2. The SMILES string of the molecule is Cn1c2c(cc(C(=O)NCCN3CCCOC3=O)c1=O)CCCC2. The maximum Gasteiger partial charge on any atom is 0.409 e. The molecule has 1 fully saturated rings. The molecule has 1 saturated heterocycles. The van der Waals surface area contributed by atoms with Crippen LogP contribution in [0.3, 0.4) is 0 Å². The summed E-state index contributed by atoms with van der Waals surface area (Å²) in [5.74, 6) is -0.380. The number of nitrogens with zero attached hydrogens (tertiary/aromatic N) is 2. The van der Waals surface area contributed by atoms with Crippen molar-refractivity contribution >= 4 is 12.0 Å². The summed E-state index contributed by atoms with van der Waals surface area (Å²) in [6, 6.07) is 1.74. The van der Waals surface area contributed by atoms with Crippen LogP contribution in [0.25, 0.3) is 0 Å². The molecule has 0 saturated carbocycles. The molecule has 1 aliphatic carbocycles. The summed E-state index contributed by atoms with van der Waals surface area (Å²) in [6.45, 7) is 1.77. The first-order valence-electron chi connectivity index (χ1n) is 8.49. The van der Waals surface area contributed by atoms with Crippen molar-refractivity contribution in [1.29, 1.82) is 0 Å². The second kappa shape index (κ2) is 7.07. The fraction of sp³-hybridized carbons (Fsp3) is 0.588. The Morgan fingerprint density at radius 1 is 1.25 bits per heavy atom. The van der Waals surface area contributed by atoms with E-state index in [-0.39, 0.29) is 23.1 Å². The summed E-state index contributed by atoms with van der Waals surface area (Å²) in [6.07, 6.45) is 4.41. The van der Waals surface area contributed by atoms with Crippen LogP contribution in [0.1, 0.15) is 40.9 Å². The quantitative estimate of drug-likeness (QED) is 0.885. The number of pyridine rings is 1. The molecule has 0 spiro atoms. The van der Waals surface area contributed by atoms with E-state index in [1.165, 1.54) is 0 Å². The van der Waals surface area contributed by atoms with E-state index in [9.17, 15) is 14.4 Å². The van der Waals surface area contributed by atoms with Crippen molar-refractivity contribution in [2.75, 3.05) is 26.2 Å². The average Bonchev–Trinajstić information content (AvgIpc) is 2.59. The molecule has 3 rings (SSSR count). The Morgan fingerprint density at radius 3 is 2.83 bits per heavy atom. The van der Waals surface area contributed by atoms with Gasteiger partial charge in [0, 0.05) is 32.4 Å². The molecule has 0 radical (unpaired) electrons. The minimum Gasteiger partial charge on any atom is -0.449 e. The zero-order valence-electron chi connectivity index (χ0n) is 14.0. The second-order valence-corrected chi connectivity index (χ2v) is 6.31. The highest BCUT2D eigenvalue weighted by molar-refractivity contribution is 5.94. The number of cyclic esters (lactones) is 1. The summed E-state index contributed by atoms with van der Waals surface area (Å²) >= 11 is 0. The van der Waals surface area contributed by atoms with Gasteiger partial charge in [-0.25, -0.2) is 4.79 Å². The number of aryl methyl sites for hydroxylation is 1. The van der Waals surface area contributed by atoms with E-state index >= 15 is 0 Å². The van der Waals surface area contributed by atoms with Crippen molar-refractivity contribution in [1.82, 2.24) is 14.8 Å². The Bertz CT molecular complexity index is 711. The molecule has 24 heavy (non-hydrogen) atoms. The molecule has 0 aromatic carbocycles. The van der Waals surface area contributed by atoms with Gasteiger partial charge in [-0.15, -0.1) is 0 Å². The summed E-state index contributed by atoms with van der Waals surface area (Å²) in [5.41, 5.74) is 2.05. The lowest BCUT2D eigenvalue weighted by Gasteiger charge is -2.26. The van der Waals surface area contributed by atoms with Crippen LogP contribution >= 0.6 is 0 Å². The Morgan fingerprint density at radius 2 is 2.04 bits per heavy atom. The van der Waals surface area contributed by atoms with E-state index in [0.29, 0.717) is 26.2 Å². The molecule has 0 atom stereocenters. The predicted octanol–water partition coefficient (Wildman–Crippen LogP) is 0.836. The van der Waals surface area contributed by atoms with Crippen molar-refractivity contribution in [2.24, 2.45) is 7.05 Å². The van der Waals surface area contributed by atoms with Crippen molar-refractivity contribution < 1.29 is 14.3 Å². The van der Waals surface area contributed by atoms with Gasteiger partial charge >= 0.3 is 6.09 Å². The van der Waals surface area contributed by atoms with Gasteiger partial charge in [0.2, 0.25) is 0 Å².